The highest BCUT2D eigenvalue weighted by Gasteiger charge is 2.48. The first-order chi connectivity index (χ1) is 8.21. The minimum absolute atomic E-state index is 0.140. The lowest BCUT2D eigenvalue weighted by Crippen LogP contribution is -2.60. The molecule has 1 saturated carbocycles. The molecule has 2 nitrogen and oxygen atoms in total. The van der Waals surface area contributed by atoms with Crippen molar-refractivity contribution in [3.8, 4) is 0 Å². The molecule has 0 radical (unpaired) electrons. The number of piperidine rings is 1. The second-order valence-electron chi connectivity index (χ2n) is 5.88. The van der Waals surface area contributed by atoms with Crippen LogP contribution in [0.1, 0.15) is 37.7 Å². The Bertz CT molecular complexity index is 391. The topological polar surface area (TPSA) is 32.3 Å². The van der Waals surface area contributed by atoms with Crippen LogP contribution in [-0.4, -0.2) is 23.8 Å². The van der Waals surface area contributed by atoms with E-state index >= 15 is 0 Å². The monoisotopic (exact) mass is 231 g/mol. The molecular weight excluding hydrogens is 210 g/mol. The Hall–Kier alpha value is -0.860. The van der Waals surface area contributed by atoms with E-state index in [-0.39, 0.29) is 17.6 Å². The first kappa shape index (κ1) is 11.2. The third-order valence-corrected chi connectivity index (χ3v) is 4.82. The Morgan fingerprint density at radius 2 is 2.00 bits per heavy atom. The van der Waals surface area contributed by atoms with E-state index in [0.717, 1.165) is 19.4 Å². The summed E-state index contributed by atoms with van der Waals surface area (Å²) < 4.78 is 0. The van der Waals surface area contributed by atoms with Crippen molar-refractivity contribution in [3.63, 3.8) is 0 Å². The van der Waals surface area contributed by atoms with Crippen LogP contribution in [0, 0.1) is 5.41 Å². The summed E-state index contributed by atoms with van der Waals surface area (Å²) in [6, 6.07) is 10.9. The molecule has 4 atom stereocenters. The predicted octanol–water partition coefficient (Wildman–Crippen LogP) is 2.29. The largest absolute Gasteiger partial charge is 0.391 e. The van der Waals surface area contributed by atoms with E-state index in [0.29, 0.717) is 5.92 Å². The summed E-state index contributed by atoms with van der Waals surface area (Å²) >= 11 is 0. The molecule has 3 rings (SSSR count). The smallest absolute Gasteiger partial charge is 0.0753 e. The van der Waals surface area contributed by atoms with Gasteiger partial charge in [-0.15, -0.1) is 0 Å². The van der Waals surface area contributed by atoms with Gasteiger partial charge in [-0.3, -0.25) is 0 Å². The van der Waals surface area contributed by atoms with E-state index in [1.807, 2.05) is 0 Å². The molecule has 1 aromatic carbocycles. The van der Waals surface area contributed by atoms with E-state index in [9.17, 15) is 5.11 Å². The zero-order valence-corrected chi connectivity index (χ0v) is 10.4. The van der Waals surface area contributed by atoms with Crippen LogP contribution >= 0.6 is 0 Å². The fourth-order valence-corrected chi connectivity index (χ4v) is 3.59. The molecule has 0 aromatic heterocycles. The minimum Gasteiger partial charge on any atom is -0.391 e. The lowest BCUT2D eigenvalue weighted by atomic mass is 9.62. The summed E-state index contributed by atoms with van der Waals surface area (Å²) in [5, 5.41) is 14.0. The molecule has 1 aliphatic carbocycles. The normalized spacial score (nSPS) is 41.2. The summed E-state index contributed by atoms with van der Waals surface area (Å²) in [7, 11) is 0. The van der Waals surface area contributed by atoms with Gasteiger partial charge in [0.25, 0.3) is 0 Å². The fraction of sp³-hybridized carbons (Fsp3) is 0.600. The van der Waals surface area contributed by atoms with E-state index in [1.165, 1.54) is 12.0 Å². The first-order valence-electron chi connectivity index (χ1n) is 6.67. The molecule has 1 heterocycles. The Morgan fingerprint density at radius 1 is 1.24 bits per heavy atom. The van der Waals surface area contributed by atoms with Crippen LogP contribution in [0.15, 0.2) is 30.3 Å². The average Bonchev–Trinajstić information content (AvgIpc) is 2.33. The van der Waals surface area contributed by atoms with Crippen molar-refractivity contribution in [2.24, 2.45) is 5.41 Å². The molecule has 4 unspecified atom stereocenters. The van der Waals surface area contributed by atoms with Gasteiger partial charge in [0.15, 0.2) is 0 Å². The molecule has 0 spiro atoms. The quantitative estimate of drug-likeness (QED) is 0.777. The molecule has 2 aliphatic rings. The van der Waals surface area contributed by atoms with Crippen LogP contribution in [0.3, 0.4) is 0 Å². The van der Waals surface area contributed by atoms with Gasteiger partial charge in [-0.2, -0.15) is 0 Å². The van der Waals surface area contributed by atoms with Gasteiger partial charge in [0, 0.05) is 12.0 Å². The molecular formula is C15H21NO. The summed E-state index contributed by atoms with van der Waals surface area (Å²) in [6.07, 6.45) is 3.24. The van der Waals surface area contributed by atoms with Crippen molar-refractivity contribution in [2.75, 3.05) is 6.54 Å². The van der Waals surface area contributed by atoms with Crippen molar-refractivity contribution in [1.82, 2.24) is 5.32 Å². The summed E-state index contributed by atoms with van der Waals surface area (Å²) in [4.78, 5) is 0. The number of benzene rings is 1. The molecule has 2 bridgehead atoms. The summed E-state index contributed by atoms with van der Waals surface area (Å²) in [5.74, 6) is 0.472. The number of aliphatic hydroxyl groups is 1. The second kappa shape index (κ2) is 4.11. The van der Waals surface area contributed by atoms with Crippen molar-refractivity contribution in [1.29, 1.82) is 0 Å². The third-order valence-electron chi connectivity index (χ3n) is 4.82. The lowest BCUT2D eigenvalue weighted by molar-refractivity contribution is -0.0600. The molecule has 2 fully saturated rings. The number of hydrogen-bond donors (Lipinski definition) is 2. The van der Waals surface area contributed by atoms with Crippen LogP contribution < -0.4 is 5.32 Å². The van der Waals surface area contributed by atoms with Crippen molar-refractivity contribution < 1.29 is 5.11 Å². The predicted molar refractivity (Wildman–Crippen MR) is 68.9 cm³/mol. The second-order valence-corrected chi connectivity index (χ2v) is 5.88. The molecule has 1 saturated heterocycles. The van der Waals surface area contributed by atoms with Gasteiger partial charge in [0.1, 0.15) is 0 Å². The number of nitrogens with one attached hydrogen (secondary N) is 1. The van der Waals surface area contributed by atoms with E-state index < -0.39 is 0 Å². The van der Waals surface area contributed by atoms with Crippen LogP contribution in [0.5, 0.6) is 0 Å². The highest BCUT2D eigenvalue weighted by molar-refractivity contribution is 5.24. The van der Waals surface area contributed by atoms with Crippen molar-refractivity contribution >= 4 is 0 Å². The Balaban J connectivity index is 1.89. The maximum Gasteiger partial charge on any atom is 0.0753 e. The third kappa shape index (κ3) is 1.80. The average molecular weight is 231 g/mol. The highest BCUT2D eigenvalue weighted by Crippen LogP contribution is 2.47. The Morgan fingerprint density at radius 3 is 2.76 bits per heavy atom. The van der Waals surface area contributed by atoms with Crippen molar-refractivity contribution in [3.05, 3.63) is 35.9 Å². The number of hydrogen-bond acceptors (Lipinski definition) is 2. The van der Waals surface area contributed by atoms with E-state index in [1.54, 1.807) is 0 Å². The molecule has 92 valence electrons. The van der Waals surface area contributed by atoms with Crippen molar-refractivity contribution in [2.45, 2.75) is 44.2 Å². The zero-order chi connectivity index (χ0) is 11.9. The summed E-state index contributed by atoms with van der Waals surface area (Å²) in [5.41, 5.74) is 1.51. The maximum atomic E-state index is 10.5. The molecule has 2 heteroatoms. The lowest BCUT2D eigenvalue weighted by Gasteiger charge is -2.51. The molecule has 2 N–H and O–H groups in total. The van der Waals surface area contributed by atoms with E-state index in [4.69, 9.17) is 0 Å². The molecule has 1 aliphatic heterocycles. The van der Waals surface area contributed by atoms with Crippen LogP contribution in [0.4, 0.5) is 0 Å². The Kier molecular flexibility index (Phi) is 2.72. The highest BCUT2D eigenvalue weighted by atomic mass is 16.3. The number of rotatable bonds is 1. The maximum absolute atomic E-state index is 10.5. The Labute approximate surface area is 103 Å². The minimum atomic E-state index is -0.199. The van der Waals surface area contributed by atoms with Gasteiger partial charge in [0.05, 0.1) is 6.10 Å². The van der Waals surface area contributed by atoms with Crippen LogP contribution in [0.25, 0.3) is 0 Å². The van der Waals surface area contributed by atoms with Crippen LogP contribution in [-0.2, 0) is 0 Å². The van der Waals surface area contributed by atoms with Gasteiger partial charge >= 0.3 is 0 Å². The SMILES string of the molecule is CC12CCNC(C(c3ccccc3)CC1)C2O. The van der Waals surface area contributed by atoms with Gasteiger partial charge in [-0.25, -0.2) is 0 Å². The summed E-state index contributed by atoms with van der Waals surface area (Å²) in [6.45, 7) is 3.29. The molecule has 1 aromatic rings. The molecule has 0 amide bonds. The van der Waals surface area contributed by atoms with Gasteiger partial charge in [-0.1, -0.05) is 37.3 Å². The van der Waals surface area contributed by atoms with Gasteiger partial charge in [-0.05, 0) is 36.8 Å². The van der Waals surface area contributed by atoms with E-state index in [2.05, 4.69) is 42.6 Å². The van der Waals surface area contributed by atoms with Gasteiger partial charge < -0.3 is 10.4 Å². The van der Waals surface area contributed by atoms with Gasteiger partial charge in [0.2, 0.25) is 0 Å². The zero-order valence-electron chi connectivity index (χ0n) is 10.4. The standard InChI is InChI=1S/C15H21NO/c1-15-8-7-12(11-5-3-2-4-6-11)13(14(15)17)16-10-9-15/h2-6,12-14,16-17H,7-10H2,1H3. The first-order valence-corrected chi connectivity index (χ1v) is 6.67. The molecule has 17 heavy (non-hydrogen) atoms. The number of fused-ring (bicyclic) bond motifs is 2. The fourth-order valence-electron chi connectivity index (χ4n) is 3.59. The number of aliphatic hydroxyl groups excluding tert-OH is 1. The van der Waals surface area contributed by atoms with Crippen LogP contribution in [0.2, 0.25) is 0 Å².